The highest BCUT2D eigenvalue weighted by Crippen LogP contribution is 2.25. The molecule has 0 fully saturated rings. The molecule has 0 saturated heterocycles. The van der Waals surface area contributed by atoms with E-state index in [4.69, 9.17) is 5.26 Å². The lowest BCUT2D eigenvalue weighted by molar-refractivity contribution is 1.41. The Morgan fingerprint density at radius 1 is 1.00 bits per heavy atom. The van der Waals surface area contributed by atoms with Crippen molar-refractivity contribution in [1.82, 2.24) is 4.98 Å². The summed E-state index contributed by atoms with van der Waals surface area (Å²) in [6.07, 6.45) is 1.78. The summed E-state index contributed by atoms with van der Waals surface area (Å²) in [6, 6.07) is 19.4. The van der Waals surface area contributed by atoms with Crippen molar-refractivity contribution >= 4 is 22.3 Å². The number of anilines is 2. The van der Waals surface area contributed by atoms with Gasteiger partial charge in [-0.15, -0.1) is 0 Å². The molecule has 0 spiro atoms. The minimum atomic E-state index is 0.642. The maximum atomic E-state index is 8.91. The molecule has 90 valence electrons. The van der Waals surface area contributed by atoms with Crippen LogP contribution in [0.25, 0.3) is 10.9 Å². The van der Waals surface area contributed by atoms with E-state index < -0.39 is 0 Å². The van der Waals surface area contributed by atoms with Gasteiger partial charge in [-0.3, -0.25) is 4.98 Å². The molecule has 0 aliphatic carbocycles. The minimum absolute atomic E-state index is 0.642. The van der Waals surface area contributed by atoms with Crippen LogP contribution in [-0.4, -0.2) is 4.98 Å². The second-order valence-electron chi connectivity index (χ2n) is 4.19. The molecule has 3 aromatic rings. The van der Waals surface area contributed by atoms with Gasteiger partial charge in [-0.2, -0.15) is 5.26 Å². The van der Waals surface area contributed by atoms with Crippen LogP contribution >= 0.6 is 0 Å². The third-order valence-electron chi connectivity index (χ3n) is 2.92. The summed E-state index contributed by atoms with van der Waals surface area (Å²) < 4.78 is 0. The average Bonchev–Trinajstić information content (AvgIpc) is 2.48. The highest BCUT2D eigenvalue weighted by Gasteiger charge is 2.02. The number of nitrogens with zero attached hydrogens (tertiary/aromatic N) is 2. The molecule has 19 heavy (non-hydrogen) atoms. The van der Waals surface area contributed by atoms with Crippen molar-refractivity contribution in [3.8, 4) is 6.07 Å². The molecular formula is C16H11N3. The van der Waals surface area contributed by atoms with Gasteiger partial charge < -0.3 is 5.32 Å². The van der Waals surface area contributed by atoms with Gasteiger partial charge in [0.15, 0.2) is 0 Å². The monoisotopic (exact) mass is 245 g/mol. The van der Waals surface area contributed by atoms with E-state index in [1.54, 1.807) is 12.3 Å². The fraction of sp³-hybridized carbons (Fsp3) is 0. The minimum Gasteiger partial charge on any atom is -0.355 e. The van der Waals surface area contributed by atoms with Gasteiger partial charge in [0.25, 0.3) is 0 Å². The number of hydrogen-bond acceptors (Lipinski definition) is 3. The Kier molecular flexibility index (Phi) is 2.83. The Labute approximate surface area is 111 Å². The van der Waals surface area contributed by atoms with Crippen molar-refractivity contribution in [1.29, 1.82) is 5.26 Å². The summed E-state index contributed by atoms with van der Waals surface area (Å²) in [5.74, 6) is 0. The summed E-state index contributed by atoms with van der Waals surface area (Å²) in [5, 5.41) is 13.3. The van der Waals surface area contributed by atoms with E-state index >= 15 is 0 Å². The molecule has 0 aliphatic heterocycles. The highest BCUT2D eigenvalue weighted by atomic mass is 14.9. The number of rotatable bonds is 2. The van der Waals surface area contributed by atoms with E-state index in [1.807, 2.05) is 48.5 Å². The summed E-state index contributed by atoms with van der Waals surface area (Å²) in [7, 11) is 0. The molecule has 0 unspecified atom stereocenters. The van der Waals surface area contributed by atoms with Gasteiger partial charge in [0.1, 0.15) is 0 Å². The second-order valence-corrected chi connectivity index (χ2v) is 4.19. The third kappa shape index (κ3) is 2.24. The average molecular weight is 245 g/mol. The highest BCUT2D eigenvalue weighted by molar-refractivity contribution is 5.92. The lowest BCUT2D eigenvalue weighted by Crippen LogP contribution is -1.92. The van der Waals surface area contributed by atoms with Gasteiger partial charge in [0.2, 0.25) is 0 Å². The second kappa shape index (κ2) is 4.79. The van der Waals surface area contributed by atoms with Crippen LogP contribution in [0.15, 0.2) is 60.8 Å². The number of aromatic nitrogens is 1. The van der Waals surface area contributed by atoms with Crippen LogP contribution in [0.3, 0.4) is 0 Å². The summed E-state index contributed by atoms with van der Waals surface area (Å²) in [4.78, 5) is 4.32. The molecule has 0 saturated carbocycles. The van der Waals surface area contributed by atoms with Crippen molar-refractivity contribution in [2.45, 2.75) is 0 Å². The van der Waals surface area contributed by atoms with Crippen molar-refractivity contribution in [2.24, 2.45) is 0 Å². The van der Waals surface area contributed by atoms with Crippen LogP contribution in [-0.2, 0) is 0 Å². The molecule has 3 heteroatoms. The fourth-order valence-corrected chi connectivity index (χ4v) is 2.03. The maximum absolute atomic E-state index is 8.91. The smallest absolute Gasteiger partial charge is 0.0992 e. The molecule has 1 aromatic heterocycles. The van der Waals surface area contributed by atoms with Crippen molar-refractivity contribution in [3.05, 3.63) is 66.4 Å². The molecule has 3 nitrogen and oxygen atoms in total. The van der Waals surface area contributed by atoms with E-state index in [1.165, 1.54) is 0 Å². The zero-order chi connectivity index (χ0) is 13.1. The van der Waals surface area contributed by atoms with Crippen molar-refractivity contribution in [3.63, 3.8) is 0 Å². The normalized spacial score (nSPS) is 10.1. The largest absolute Gasteiger partial charge is 0.355 e. The molecule has 0 atom stereocenters. The summed E-state index contributed by atoms with van der Waals surface area (Å²) in [6.45, 7) is 0. The van der Waals surface area contributed by atoms with E-state index in [0.29, 0.717) is 5.56 Å². The Morgan fingerprint density at radius 3 is 2.79 bits per heavy atom. The molecule has 1 N–H and O–H groups in total. The summed E-state index contributed by atoms with van der Waals surface area (Å²) >= 11 is 0. The molecular weight excluding hydrogens is 234 g/mol. The van der Waals surface area contributed by atoms with Crippen LogP contribution in [0.2, 0.25) is 0 Å². The molecule has 0 radical (unpaired) electrons. The lowest BCUT2D eigenvalue weighted by atomic mass is 10.1. The van der Waals surface area contributed by atoms with E-state index in [9.17, 15) is 0 Å². The Hall–Kier alpha value is -2.86. The third-order valence-corrected chi connectivity index (χ3v) is 2.92. The van der Waals surface area contributed by atoms with E-state index in [2.05, 4.69) is 16.4 Å². The van der Waals surface area contributed by atoms with Crippen molar-refractivity contribution in [2.75, 3.05) is 5.32 Å². The van der Waals surface area contributed by atoms with Crippen LogP contribution in [0.5, 0.6) is 0 Å². The van der Waals surface area contributed by atoms with Gasteiger partial charge in [-0.1, -0.05) is 12.1 Å². The van der Waals surface area contributed by atoms with Gasteiger partial charge in [0.05, 0.1) is 17.1 Å². The molecule has 2 aromatic carbocycles. The van der Waals surface area contributed by atoms with Gasteiger partial charge in [-0.25, -0.2) is 0 Å². The van der Waals surface area contributed by atoms with Gasteiger partial charge in [0, 0.05) is 23.0 Å². The van der Waals surface area contributed by atoms with Crippen LogP contribution in [0, 0.1) is 11.3 Å². The number of hydrogen-bond donors (Lipinski definition) is 1. The summed E-state index contributed by atoms with van der Waals surface area (Å²) in [5.41, 5.74) is 3.48. The lowest BCUT2D eigenvalue weighted by Gasteiger charge is -2.09. The first kappa shape index (κ1) is 11.2. The Bertz CT molecular complexity index is 767. The van der Waals surface area contributed by atoms with Crippen molar-refractivity contribution < 1.29 is 0 Å². The molecule has 0 amide bonds. The van der Waals surface area contributed by atoms with Gasteiger partial charge in [-0.05, 0) is 42.5 Å². The quantitative estimate of drug-likeness (QED) is 0.746. The van der Waals surface area contributed by atoms with E-state index in [0.717, 1.165) is 22.3 Å². The number of nitrogens with one attached hydrogen (secondary N) is 1. The molecule has 0 bridgehead atoms. The molecule has 0 aliphatic rings. The first-order valence-electron chi connectivity index (χ1n) is 5.98. The Morgan fingerprint density at radius 2 is 1.89 bits per heavy atom. The molecule has 3 rings (SSSR count). The number of pyridine rings is 1. The number of fused-ring (bicyclic) bond motifs is 1. The first-order valence-corrected chi connectivity index (χ1v) is 5.98. The van der Waals surface area contributed by atoms with Crippen LogP contribution in [0.4, 0.5) is 11.4 Å². The first-order chi connectivity index (χ1) is 9.36. The molecule has 1 heterocycles. The fourth-order valence-electron chi connectivity index (χ4n) is 2.03. The number of benzene rings is 2. The predicted molar refractivity (Wildman–Crippen MR) is 76.2 cm³/mol. The van der Waals surface area contributed by atoms with Crippen LogP contribution < -0.4 is 5.32 Å². The Balaban J connectivity index is 2.04. The number of nitriles is 1. The maximum Gasteiger partial charge on any atom is 0.0992 e. The van der Waals surface area contributed by atoms with Gasteiger partial charge >= 0.3 is 0 Å². The zero-order valence-electron chi connectivity index (χ0n) is 10.2. The van der Waals surface area contributed by atoms with Crippen LogP contribution in [0.1, 0.15) is 5.56 Å². The van der Waals surface area contributed by atoms with E-state index in [-0.39, 0.29) is 0 Å². The SMILES string of the molecule is N#Cc1cccc(Nc2cccc3ncccc23)c1. The zero-order valence-corrected chi connectivity index (χ0v) is 10.2. The topological polar surface area (TPSA) is 48.7 Å². The standard InChI is InChI=1S/C16H11N3/c17-11-12-4-1-5-13(10-12)19-16-8-2-7-15-14(16)6-3-9-18-15/h1-10,19H. The predicted octanol–water partition coefficient (Wildman–Crippen LogP) is 3.85.